The van der Waals surface area contributed by atoms with Crippen LogP contribution in [0.2, 0.25) is 5.02 Å². The Kier molecular flexibility index (Phi) is 9.03. The van der Waals surface area contributed by atoms with Crippen LogP contribution in [0.4, 0.5) is 4.39 Å². The van der Waals surface area contributed by atoms with Crippen LogP contribution >= 0.6 is 24.0 Å². The summed E-state index contributed by atoms with van der Waals surface area (Å²) in [5, 5.41) is 6.72. The lowest BCUT2D eigenvalue weighted by Crippen LogP contribution is -2.43. The maximum atomic E-state index is 12.9. The Balaban J connectivity index is 0.00000364. The van der Waals surface area contributed by atoms with E-state index in [0.29, 0.717) is 23.9 Å². The van der Waals surface area contributed by atoms with Gasteiger partial charge in [0, 0.05) is 29.2 Å². The first kappa shape index (κ1) is 23.2. The largest absolute Gasteiger partial charge is 0.483 e. The molecule has 4 nitrogen and oxygen atoms in total. The van der Waals surface area contributed by atoms with Crippen molar-refractivity contribution in [1.29, 1.82) is 0 Å². The Labute approximate surface area is 170 Å². The molecule has 0 aromatic heterocycles. The molecule has 2 aromatic carbocycles. The smallest absolute Gasteiger partial charge is 0.258 e. The van der Waals surface area contributed by atoms with Crippen molar-refractivity contribution in [1.82, 2.24) is 10.6 Å². The average molecular weight is 415 g/mol. The zero-order valence-electron chi connectivity index (χ0n) is 15.6. The SMILES string of the molecule is CC(C)(C)NC(=O)COc1ccc(Cl)cc1CNCc1ccc(F)cc1.Cl. The first-order valence-electron chi connectivity index (χ1n) is 8.40. The van der Waals surface area contributed by atoms with Gasteiger partial charge < -0.3 is 15.4 Å². The summed E-state index contributed by atoms with van der Waals surface area (Å²) in [4.78, 5) is 11.9. The number of amides is 1. The molecule has 0 radical (unpaired) electrons. The van der Waals surface area contributed by atoms with Crippen molar-refractivity contribution in [3.8, 4) is 5.75 Å². The summed E-state index contributed by atoms with van der Waals surface area (Å²) in [5.41, 5.74) is 1.52. The van der Waals surface area contributed by atoms with Gasteiger partial charge in [-0.25, -0.2) is 4.39 Å². The van der Waals surface area contributed by atoms with Crippen molar-refractivity contribution in [3.05, 3.63) is 64.4 Å². The fraction of sp³-hybridized carbons (Fsp3) is 0.350. The zero-order chi connectivity index (χ0) is 19.2. The van der Waals surface area contributed by atoms with Crippen molar-refractivity contribution < 1.29 is 13.9 Å². The lowest BCUT2D eigenvalue weighted by atomic mass is 10.1. The zero-order valence-corrected chi connectivity index (χ0v) is 17.2. The fourth-order valence-corrected chi connectivity index (χ4v) is 2.56. The fourth-order valence-electron chi connectivity index (χ4n) is 2.37. The number of rotatable bonds is 7. The lowest BCUT2D eigenvalue weighted by Gasteiger charge is -2.21. The van der Waals surface area contributed by atoms with E-state index in [9.17, 15) is 9.18 Å². The molecule has 0 atom stereocenters. The number of ether oxygens (including phenoxy) is 1. The predicted molar refractivity (Wildman–Crippen MR) is 109 cm³/mol. The van der Waals surface area contributed by atoms with Gasteiger partial charge in [0.25, 0.3) is 5.91 Å². The van der Waals surface area contributed by atoms with Gasteiger partial charge in [0.2, 0.25) is 0 Å². The van der Waals surface area contributed by atoms with Crippen LogP contribution in [-0.2, 0) is 17.9 Å². The number of benzene rings is 2. The molecule has 0 fully saturated rings. The second kappa shape index (κ2) is 10.5. The van der Waals surface area contributed by atoms with Gasteiger partial charge in [-0.1, -0.05) is 23.7 Å². The highest BCUT2D eigenvalue weighted by molar-refractivity contribution is 6.30. The number of nitrogens with one attached hydrogen (secondary N) is 2. The molecule has 0 aliphatic rings. The monoisotopic (exact) mass is 414 g/mol. The summed E-state index contributed by atoms with van der Waals surface area (Å²) in [6.45, 7) is 6.77. The van der Waals surface area contributed by atoms with Gasteiger partial charge in [-0.3, -0.25) is 4.79 Å². The summed E-state index contributed by atoms with van der Waals surface area (Å²) in [7, 11) is 0. The van der Waals surface area contributed by atoms with E-state index in [1.807, 2.05) is 20.8 Å². The highest BCUT2D eigenvalue weighted by Crippen LogP contribution is 2.23. The van der Waals surface area contributed by atoms with E-state index in [-0.39, 0.29) is 36.3 Å². The van der Waals surface area contributed by atoms with Crippen LogP contribution in [0.3, 0.4) is 0 Å². The minimum absolute atomic E-state index is 0. The van der Waals surface area contributed by atoms with E-state index in [1.54, 1.807) is 30.3 Å². The maximum Gasteiger partial charge on any atom is 0.258 e. The van der Waals surface area contributed by atoms with E-state index in [1.165, 1.54) is 12.1 Å². The number of halogens is 3. The van der Waals surface area contributed by atoms with Crippen LogP contribution in [-0.4, -0.2) is 18.1 Å². The standard InChI is InChI=1S/C20H24ClFN2O2.ClH/c1-20(2,3)24-19(25)13-26-18-9-6-16(21)10-15(18)12-23-11-14-4-7-17(22)8-5-14;/h4-10,23H,11-13H2,1-3H3,(H,24,25);1H. The van der Waals surface area contributed by atoms with Crippen LogP contribution in [0.5, 0.6) is 5.75 Å². The lowest BCUT2D eigenvalue weighted by molar-refractivity contribution is -0.124. The van der Waals surface area contributed by atoms with Crippen LogP contribution in [0.1, 0.15) is 31.9 Å². The molecular weight excluding hydrogens is 390 g/mol. The molecule has 0 bridgehead atoms. The van der Waals surface area contributed by atoms with E-state index in [0.717, 1.165) is 11.1 Å². The third-order valence-electron chi connectivity index (χ3n) is 3.45. The summed E-state index contributed by atoms with van der Waals surface area (Å²) < 4.78 is 18.6. The minimum Gasteiger partial charge on any atom is -0.483 e. The Morgan fingerprint density at radius 2 is 1.78 bits per heavy atom. The van der Waals surface area contributed by atoms with Crippen molar-refractivity contribution in [2.24, 2.45) is 0 Å². The molecule has 2 N–H and O–H groups in total. The molecule has 0 heterocycles. The van der Waals surface area contributed by atoms with Crippen molar-refractivity contribution >= 4 is 29.9 Å². The molecule has 0 spiro atoms. The van der Waals surface area contributed by atoms with Crippen molar-refractivity contribution in [2.45, 2.75) is 39.4 Å². The van der Waals surface area contributed by atoms with Crippen molar-refractivity contribution in [2.75, 3.05) is 6.61 Å². The van der Waals surface area contributed by atoms with Crippen LogP contribution in [0.25, 0.3) is 0 Å². The minimum atomic E-state index is -0.306. The number of hydrogen-bond acceptors (Lipinski definition) is 3. The summed E-state index contributed by atoms with van der Waals surface area (Å²) >= 11 is 6.08. The highest BCUT2D eigenvalue weighted by atomic mass is 35.5. The van der Waals surface area contributed by atoms with Gasteiger partial charge in [0.05, 0.1) is 0 Å². The number of carbonyl (C=O) groups excluding carboxylic acids is 1. The number of carbonyl (C=O) groups is 1. The molecule has 2 aromatic rings. The molecule has 0 saturated carbocycles. The first-order valence-corrected chi connectivity index (χ1v) is 8.78. The molecule has 148 valence electrons. The highest BCUT2D eigenvalue weighted by Gasteiger charge is 2.14. The van der Waals surface area contributed by atoms with E-state index < -0.39 is 0 Å². The topological polar surface area (TPSA) is 50.4 Å². The summed E-state index contributed by atoms with van der Waals surface area (Å²) in [6.07, 6.45) is 0. The predicted octanol–water partition coefficient (Wildman–Crippen LogP) is 4.48. The van der Waals surface area contributed by atoms with Crippen molar-refractivity contribution in [3.63, 3.8) is 0 Å². The summed E-state index contributed by atoms with van der Waals surface area (Å²) in [5.74, 6) is 0.163. The Morgan fingerprint density at radius 3 is 2.41 bits per heavy atom. The Bertz CT molecular complexity index is 747. The van der Waals surface area contributed by atoms with E-state index >= 15 is 0 Å². The molecule has 7 heteroatoms. The number of hydrogen-bond donors (Lipinski definition) is 2. The molecular formula is C20H25Cl2FN2O2. The van der Waals surface area contributed by atoms with Gasteiger partial charge in [-0.05, 0) is 56.7 Å². The Hall–Kier alpha value is -1.82. The van der Waals surface area contributed by atoms with Gasteiger partial charge in [0.15, 0.2) is 6.61 Å². The van der Waals surface area contributed by atoms with E-state index in [2.05, 4.69) is 10.6 Å². The van der Waals surface area contributed by atoms with Crippen LogP contribution < -0.4 is 15.4 Å². The summed E-state index contributed by atoms with van der Waals surface area (Å²) in [6, 6.07) is 11.6. The van der Waals surface area contributed by atoms with E-state index in [4.69, 9.17) is 16.3 Å². The molecule has 27 heavy (non-hydrogen) atoms. The quantitative estimate of drug-likeness (QED) is 0.701. The molecule has 0 aliphatic heterocycles. The molecule has 0 aliphatic carbocycles. The molecule has 1 amide bonds. The maximum absolute atomic E-state index is 12.9. The third-order valence-corrected chi connectivity index (χ3v) is 3.69. The van der Waals surface area contributed by atoms with Gasteiger partial charge in [0.1, 0.15) is 11.6 Å². The molecule has 2 rings (SSSR count). The van der Waals surface area contributed by atoms with Crippen LogP contribution in [0.15, 0.2) is 42.5 Å². The average Bonchev–Trinajstić information content (AvgIpc) is 2.54. The second-order valence-electron chi connectivity index (χ2n) is 7.07. The van der Waals surface area contributed by atoms with Gasteiger partial charge in [-0.15, -0.1) is 12.4 Å². The van der Waals surface area contributed by atoms with Gasteiger partial charge in [-0.2, -0.15) is 0 Å². The second-order valence-corrected chi connectivity index (χ2v) is 7.51. The van der Waals surface area contributed by atoms with Crippen LogP contribution in [0, 0.1) is 5.82 Å². The first-order chi connectivity index (χ1) is 12.2. The molecule has 0 saturated heterocycles. The Morgan fingerprint density at radius 1 is 1.11 bits per heavy atom. The molecule has 0 unspecified atom stereocenters. The normalized spacial score (nSPS) is 10.9. The van der Waals surface area contributed by atoms with Gasteiger partial charge >= 0.3 is 0 Å². The third kappa shape index (κ3) is 8.61.